The predicted octanol–water partition coefficient (Wildman–Crippen LogP) is 1.23. The number of hydrogen-bond acceptors (Lipinski definition) is 2. The van der Waals surface area contributed by atoms with E-state index in [0.29, 0.717) is 13.1 Å². The van der Waals surface area contributed by atoms with Crippen LogP contribution in [0.5, 0.6) is 0 Å². The Morgan fingerprint density at radius 3 is 2.36 bits per heavy atom. The Balaban J connectivity index is 1.99. The van der Waals surface area contributed by atoms with Crippen LogP contribution in [-0.4, -0.2) is 32.1 Å². The van der Waals surface area contributed by atoms with Crippen molar-refractivity contribution in [2.24, 2.45) is 11.8 Å². The van der Waals surface area contributed by atoms with Gasteiger partial charge in [-0.05, 0) is 31.8 Å². The lowest BCUT2D eigenvalue weighted by atomic mass is 9.78. The summed E-state index contributed by atoms with van der Waals surface area (Å²) >= 11 is 0. The lowest BCUT2D eigenvalue weighted by Crippen LogP contribution is -2.49. The van der Waals surface area contributed by atoms with Gasteiger partial charge in [0.2, 0.25) is 0 Å². The van der Waals surface area contributed by atoms with Crippen molar-refractivity contribution in [2.45, 2.75) is 25.2 Å². The van der Waals surface area contributed by atoms with Gasteiger partial charge in [-0.15, -0.1) is 0 Å². The Hall–Kier alpha value is -0.220. The molecule has 2 fully saturated rings. The van der Waals surface area contributed by atoms with E-state index in [1.807, 2.05) is 0 Å². The van der Waals surface area contributed by atoms with E-state index < -0.39 is 11.8 Å². The average molecular weight is 204 g/mol. The van der Waals surface area contributed by atoms with E-state index in [9.17, 15) is 8.78 Å². The SMILES string of the molecule is FC1(F)CCNCC1C1CCNCC1. The summed E-state index contributed by atoms with van der Waals surface area (Å²) < 4.78 is 27.2. The summed E-state index contributed by atoms with van der Waals surface area (Å²) in [5, 5.41) is 6.30. The number of nitrogens with one attached hydrogen (secondary N) is 2. The van der Waals surface area contributed by atoms with E-state index in [1.54, 1.807) is 0 Å². The van der Waals surface area contributed by atoms with Gasteiger partial charge in [0, 0.05) is 25.4 Å². The molecule has 0 aliphatic carbocycles. The number of rotatable bonds is 1. The molecule has 0 radical (unpaired) electrons. The van der Waals surface area contributed by atoms with Crippen LogP contribution in [0.2, 0.25) is 0 Å². The topological polar surface area (TPSA) is 24.1 Å². The van der Waals surface area contributed by atoms with Crippen molar-refractivity contribution in [2.75, 3.05) is 26.2 Å². The highest BCUT2D eigenvalue weighted by Crippen LogP contribution is 2.38. The molecule has 1 unspecified atom stereocenters. The lowest BCUT2D eigenvalue weighted by Gasteiger charge is -2.39. The minimum atomic E-state index is -2.44. The van der Waals surface area contributed by atoms with Gasteiger partial charge in [0.25, 0.3) is 5.92 Å². The summed E-state index contributed by atoms with van der Waals surface area (Å²) in [6, 6.07) is 0. The van der Waals surface area contributed by atoms with Crippen molar-refractivity contribution in [3.63, 3.8) is 0 Å². The summed E-state index contributed by atoms with van der Waals surface area (Å²) in [6.07, 6.45) is 1.82. The fraction of sp³-hybridized carbons (Fsp3) is 1.00. The molecule has 2 aliphatic heterocycles. The number of piperidine rings is 2. The van der Waals surface area contributed by atoms with Crippen molar-refractivity contribution in [3.8, 4) is 0 Å². The molecule has 2 aliphatic rings. The third kappa shape index (κ3) is 2.06. The van der Waals surface area contributed by atoms with Crippen LogP contribution in [0.1, 0.15) is 19.3 Å². The minimum Gasteiger partial charge on any atom is -0.317 e. The van der Waals surface area contributed by atoms with Gasteiger partial charge in [-0.1, -0.05) is 0 Å². The normalized spacial score (nSPS) is 34.3. The first-order chi connectivity index (χ1) is 6.70. The molecule has 0 aromatic carbocycles. The monoisotopic (exact) mass is 204 g/mol. The van der Waals surface area contributed by atoms with E-state index >= 15 is 0 Å². The lowest BCUT2D eigenvalue weighted by molar-refractivity contribution is -0.103. The summed E-state index contributed by atoms with van der Waals surface area (Å²) in [7, 11) is 0. The van der Waals surface area contributed by atoms with Crippen LogP contribution in [-0.2, 0) is 0 Å². The fourth-order valence-corrected chi connectivity index (χ4v) is 2.61. The fourth-order valence-electron chi connectivity index (χ4n) is 2.61. The summed E-state index contributed by atoms with van der Waals surface area (Å²) in [5.41, 5.74) is 0. The summed E-state index contributed by atoms with van der Waals surface area (Å²) in [5.74, 6) is -2.66. The molecule has 2 rings (SSSR count). The second-order valence-electron chi connectivity index (χ2n) is 4.41. The molecule has 2 saturated heterocycles. The molecule has 0 saturated carbocycles. The van der Waals surface area contributed by atoms with Crippen LogP contribution in [0.3, 0.4) is 0 Å². The number of alkyl halides is 2. The van der Waals surface area contributed by atoms with Crippen molar-refractivity contribution in [1.29, 1.82) is 0 Å². The highest BCUT2D eigenvalue weighted by molar-refractivity contribution is 4.90. The van der Waals surface area contributed by atoms with Gasteiger partial charge in [0.15, 0.2) is 0 Å². The molecular weight excluding hydrogens is 186 g/mol. The van der Waals surface area contributed by atoms with Gasteiger partial charge in [0.05, 0.1) is 0 Å². The molecule has 1 atom stereocenters. The maximum absolute atomic E-state index is 13.6. The molecule has 0 aromatic rings. The molecular formula is C10H18F2N2. The highest BCUT2D eigenvalue weighted by Gasteiger charge is 2.45. The quantitative estimate of drug-likeness (QED) is 0.671. The van der Waals surface area contributed by atoms with Gasteiger partial charge >= 0.3 is 0 Å². The molecule has 82 valence electrons. The molecule has 0 bridgehead atoms. The van der Waals surface area contributed by atoms with Crippen molar-refractivity contribution in [1.82, 2.24) is 10.6 Å². The zero-order chi connectivity index (χ0) is 10.0. The Bertz CT molecular complexity index is 191. The summed E-state index contributed by atoms with van der Waals surface area (Å²) in [6.45, 7) is 2.76. The zero-order valence-electron chi connectivity index (χ0n) is 8.36. The molecule has 0 amide bonds. The first-order valence-corrected chi connectivity index (χ1v) is 5.49. The van der Waals surface area contributed by atoms with Gasteiger partial charge in [0.1, 0.15) is 0 Å². The predicted molar refractivity (Wildman–Crippen MR) is 51.5 cm³/mol. The smallest absolute Gasteiger partial charge is 0.253 e. The van der Waals surface area contributed by atoms with Crippen LogP contribution < -0.4 is 10.6 Å². The maximum Gasteiger partial charge on any atom is 0.253 e. The molecule has 2 nitrogen and oxygen atoms in total. The van der Waals surface area contributed by atoms with Gasteiger partial charge in [-0.25, -0.2) is 8.78 Å². The highest BCUT2D eigenvalue weighted by atomic mass is 19.3. The first-order valence-electron chi connectivity index (χ1n) is 5.49. The second kappa shape index (κ2) is 4.11. The molecule has 2 N–H and O–H groups in total. The van der Waals surface area contributed by atoms with Crippen molar-refractivity contribution >= 4 is 0 Å². The van der Waals surface area contributed by atoms with Crippen LogP contribution in [0.15, 0.2) is 0 Å². The standard InChI is InChI=1S/C10H18F2N2/c11-10(12)3-6-14-7-9(10)8-1-4-13-5-2-8/h8-9,13-14H,1-7H2. The van der Waals surface area contributed by atoms with E-state index in [2.05, 4.69) is 10.6 Å². The first kappa shape index (κ1) is 10.3. The Morgan fingerprint density at radius 1 is 1.00 bits per heavy atom. The minimum absolute atomic E-state index is 0.0155. The number of hydrogen-bond donors (Lipinski definition) is 2. The van der Waals surface area contributed by atoms with Crippen LogP contribution in [0.25, 0.3) is 0 Å². The largest absolute Gasteiger partial charge is 0.317 e. The molecule has 0 aromatic heterocycles. The zero-order valence-corrected chi connectivity index (χ0v) is 8.36. The summed E-state index contributed by atoms with van der Waals surface area (Å²) in [4.78, 5) is 0. The van der Waals surface area contributed by atoms with E-state index in [0.717, 1.165) is 25.9 Å². The average Bonchev–Trinajstić information content (AvgIpc) is 2.18. The Labute approximate surface area is 83.4 Å². The Morgan fingerprint density at radius 2 is 1.71 bits per heavy atom. The van der Waals surface area contributed by atoms with Gasteiger partial charge in [-0.3, -0.25) is 0 Å². The number of halogens is 2. The van der Waals surface area contributed by atoms with Crippen molar-refractivity contribution < 1.29 is 8.78 Å². The molecule has 14 heavy (non-hydrogen) atoms. The van der Waals surface area contributed by atoms with Crippen LogP contribution in [0, 0.1) is 11.8 Å². The van der Waals surface area contributed by atoms with E-state index in [-0.39, 0.29) is 12.3 Å². The third-order valence-electron chi connectivity index (χ3n) is 3.49. The van der Waals surface area contributed by atoms with Gasteiger partial charge < -0.3 is 10.6 Å². The van der Waals surface area contributed by atoms with E-state index in [1.165, 1.54) is 0 Å². The van der Waals surface area contributed by atoms with Crippen LogP contribution in [0.4, 0.5) is 8.78 Å². The third-order valence-corrected chi connectivity index (χ3v) is 3.49. The second-order valence-corrected chi connectivity index (χ2v) is 4.41. The molecule has 2 heterocycles. The molecule has 4 heteroatoms. The maximum atomic E-state index is 13.6. The van der Waals surface area contributed by atoms with Gasteiger partial charge in [-0.2, -0.15) is 0 Å². The van der Waals surface area contributed by atoms with Crippen molar-refractivity contribution in [3.05, 3.63) is 0 Å². The van der Waals surface area contributed by atoms with Crippen LogP contribution >= 0.6 is 0 Å². The van der Waals surface area contributed by atoms with E-state index in [4.69, 9.17) is 0 Å². The Kier molecular flexibility index (Phi) is 3.02. The molecule has 0 spiro atoms.